The van der Waals surface area contributed by atoms with E-state index >= 15 is 0 Å². The summed E-state index contributed by atoms with van der Waals surface area (Å²) in [5, 5.41) is 7.29. The zero-order valence-electron chi connectivity index (χ0n) is 9.27. The first-order valence-electron chi connectivity index (χ1n) is 5.73. The number of benzene rings is 1. The van der Waals surface area contributed by atoms with Crippen LogP contribution in [0.4, 0.5) is 5.13 Å². The minimum absolute atomic E-state index is 0.571. The van der Waals surface area contributed by atoms with Gasteiger partial charge in [-0.25, -0.2) is 4.98 Å². The van der Waals surface area contributed by atoms with Crippen molar-refractivity contribution in [1.82, 2.24) is 4.98 Å². The Balaban J connectivity index is 1.56. The van der Waals surface area contributed by atoms with Gasteiger partial charge in [-0.1, -0.05) is 23.7 Å². The first-order valence-corrected chi connectivity index (χ1v) is 6.98. The van der Waals surface area contributed by atoms with Crippen molar-refractivity contribution < 1.29 is 0 Å². The number of nitrogens with one attached hydrogen (secondary N) is 1. The molecule has 1 aromatic heterocycles. The maximum Gasteiger partial charge on any atom is 0.182 e. The van der Waals surface area contributed by atoms with Crippen molar-refractivity contribution in [3.05, 3.63) is 46.4 Å². The van der Waals surface area contributed by atoms with Crippen molar-refractivity contribution in [2.24, 2.45) is 0 Å². The summed E-state index contributed by atoms with van der Waals surface area (Å²) in [5.74, 6) is 0.671. The molecule has 88 valence electrons. The van der Waals surface area contributed by atoms with E-state index < -0.39 is 0 Å². The fourth-order valence-electron chi connectivity index (χ4n) is 2.21. The van der Waals surface area contributed by atoms with Crippen LogP contribution in [0.1, 0.15) is 24.3 Å². The second-order valence-electron chi connectivity index (χ2n) is 4.40. The van der Waals surface area contributed by atoms with E-state index in [1.807, 2.05) is 23.7 Å². The predicted molar refractivity (Wildman–Crippen MR) is 73.0 cm³/mol. The second-order valence-corrected chi connectivity index (χ2v) is 5.73. The molecule has 0 saturated heterocycles. The van der Waals surface area contributed by atoms with Crippen molar-refractivity contribution in [3.63, 3.8) is 0 Å². The Morgan fingerprint density at radius 3 is 2.65 bits per heavy atom. The molecule has 0 amide bonds. The third kappa shape index (κ3) is 2.45. The van der Waals surface area contributed by atoms with E-state index in [1.165, 1.54) is 18.4 Å². The Morgan fingerprint density at radius 2 is 2.00 bits per heavy atom. The van der Waals surface area contributed by atoms with Gasteiger partial charge in [0.25, 0.3) is 0 Å². The van der Waals surface area contributed by atoms with Gasteiger partial charge in [0.2, 0.25) is 0 Å². The molecule has 1 saturated carbocycles. The first kappa shape index (κ1) is 11.1. The highest BCUT2D eigenvalue weighted by molar-refractivity contribution is 7.13. The molecule has 1 N–H and O–H groups in total. The Morgan fingerprint density at radius 1 is 1.24 bits per heavy atom. The Hall–Kier alpha value is -1.06. The number of aromatic nitrogens is 1. The molecule has 1 heterocycles. The summed E-state index contributed by atoms with van der Waals surface area (Å²) in [6.45, 7) is 0. The van der Waals surface area contributed by atoms with E-state index in [2.05, 4.69) is 22.4 Å². The van der Waals surface area contributed by atoms with Crippen LogP contribution >= 0.6 is 22.9 Å². The lowest BCUT2D eigenvalue weighted by Crippen LogP contribution is -2.33. The molecule has 0 bridgehead atoms. The number of anilines is 1. The van der Waals surface area contributed by atoms with Gasteiger partial charge in [0.15, 0.2) is 5.13 Å². The molecule has 0 aliphatic heterocycles. The summed E-state index contributed by atoms with van der Waals surface area (Å²) < 4.78 is 0. The smallest absolute Gasteiger partial charge is 0.182 e. The van der Waals surface area contributed by atoms with Gasteiger partial charge in [-0.05, 0) is 36.5 Å². The molecule has 17 heavy (non-hydrogen) atoms. The van der Waals surface area contributed by atoms with E-state index in [0.717, 1.165) is 10.2 Å². The molecular formula is C13H13ClN2S. The molecule has 0 spiro atoms. The average molecular weight is 265 g/mol. The van der Waals surface area contributed by atoms with E-state index in [4.69, 9.17) is 11.6 Å². The molecule has 0 radical (unpaired) electrons. The molecule has 1 aromatic carbocycles. The lowest BCUT2D eigenvalue weighted by atomic mass is 9.76. The summed E-state index contributed by atoms with van der Waals surface area (Å²) in [7, 11) is 0. The van der Waals surface area contributed by atoms with Gasteiger partial charge >= 0.3 is 0 Å². The van der Waals surface area contributed by atoms with Crippen LogP contribution in [0.25, 0.3) is 0 Å². The largest absolute Gasteiger partial charge is 0.359 e. The lowest BCUT2D eigenvalue weighted by molar-refractivity contribution is 0.374. The van der Waals surface area contributed by atoms with Gasteiger partial charge in [-0.15, -0.1) is 11.3 Å². The lowest BCUT2D eigenvalue weighted by Gasteiger charge is -2.36. The minimum Gasteiger partial charge on any atom is -0.359 e. The van der Waals surface area contributed by atoms with Gasteiger partial charge in [-0.3, -0.25) is 0 Å². The normalized spacial score (nSPS) is 23.1. The van der Waals surface area contributed by atoms with Crippen LogP contribution in [-0.2, 0) is 0 Å². The number of hydrogen-bond donors (Lipinski definition) is 1. The molecule has 4 heteroatoms. The van der Waals surface area contributed by atoms with Gasteiger partial charge in [0, 0.05) is 22.6 Å². The number of hydrogen-bond acceptors (Lipinski definition) is 3. The third-order valence-corrected chi connectivity index (χ3v) is 4.20. The standard InChI is InChI=1S/C13H13ClN2S/c14-11-3-1-9(2-4-11)10-7-12(8-10)16-13-15-5-6-17-13/h1-6,10,12H,7-8H2,(H,15,16). The summed E-state index contributed by atoms with van der Waals surface area (Å²) in [4.78, 5) is 4.24. The SMILES string of the molecule is Clc1ccc(C2CC(Nc3nccs3)C2)cc1. The average Bonchev–Trinajstić information content (AvgIpc) is 2.77. The fraction of sp³-hybridized carbons (Fsp3) is 0.308. The molecule has 0 unspecified atom stereocenters. The zero-order chi connectivity index (χ0) is 11.7. The molecule has 3 rings (SSSR count). The topological polar surface area (TPSA) is 24.9 Å². The molecule has 1 aliphatic rings. The van der Waals surface area contributed by atoms with Crippen molar-refractivity contribution in [2.75, 3.05) is 5.32 Å². The fourth-order valence-corrected chi connectivity index (χ4v) is 2.95. The molecule has 0 atom stereocenters. The highest BCUT2D eigenvalue weighted by atomic mass is 35.5. The highest BCUT2D eigenvalue weighted by Crippen LogP contribution is 2.38. The zero-order valence-corrected chi connectivity index (χ0v) is 10.8. The third-order valence-electron chi connectivity index (χ3n) is 3.24. The summed E-state index contributed by atoms with van der Waals surface area (Å²) >= 11 is 7.54. The van der Waals surface area contributed by atoms with Crippen molar-refractivity contribution in [3.8, 4) is 0 Å². The monoisotopic (exact) mass is 264 g/mol. The van der Waals surface area contributed by atoms with Gasteiger partial charge in [0.05, 0.1) is 0 Å². The first-order chi connectivity index (χ1) is 8.31. The Kier molecular flexibility index (Phi) is 3.04. The van der Waals surface area contributed by atoms with Gasteiger partial charge in [0.1, 0.15) is 0 Å². The maximum atomic E-state index is 5.88. The quantitative estimate of drug-likeness (QED) is 0.901. The van der Waals surface area contributed by atoms with Gasteiger partial charge < -0.3 is 5.32 Å². The van der Waals surface area contributed by atoms with Crippen LogP contribution in [0.2, 0.25) is 5.02 Å². The van der Waals surface area contributed by atoms with Crippen LogP contribution in [-0.4, -0.2) is 11.0 Å². The van der Waals surface area contributed by atoms with Crippen molar-refractivity contribution in [2.45, 2.75) is 24.8 Å². The van der Waals surface area contributed by atoms with Crippen molar-refractivity contribution >= 4 is 28.1 Å². The minimum atomic E-state index is 0.571. The van der Waals surface area contributed by atoms with Crippen molar-refractivity contribution in [1.29, 1.82) is 0 Å². The van der Waals surface area contributed by atoms with Crippen LogP contribution in [0.5, 0.6) is 0 Å². The van der Waals surface area contributed by atoms with Crippen LogP contribution in [0.3, 0.4) is 0 Å². The van der Waals surface area contributed by atoms with Crippen LogP contribution in [0, 0.1) is 0 Å². The Labute approximate surface area is 110 Å². The maximum absolute atomic E-state index is 5.88. The van der Waals surface area contributed by atoms with Gasteiger partial charge in [-0.2, -0.15) is 0 Å². The number of thiazole rings is 1. The van der Waals surface area contributed by atoms with Crippen LogP contribution < -0.4 is 5.32 Å². The summed E-state index contributed by atoms with van der Waals surface area (Å²) in [6.07, 6.45) is 4.20. The Bertz CT molecular complexity index is 475. The van der Waals surface area contributed by atoms with E-state index in [0.29, 0.717) is 12.0 Å². The number of halogens is 1. The number of rotatable bonds is 3. The summed E-state index contributed by atoms with van der Waals surface area (Å²) in [5.41, 5.74) is 1.39. The predicted octanol–water partition coefficient (Wildman–Crippen LogP) is 4.15. The van der Waals surface area contributed by atoms with E-state index in [1.54, 1.807) is 11.3 Å². The number of nitrogens with zero attached hydrogens (tertiary/aromatic N) is 1. The highest BCUT2D eigenvalue weighted by Gasteiger charge is 2.30. The second kappa shape index (κ2) is 4.67. The molecule has 1 fully saturated rings. The molecule has 2 nitrogen and oxygen atoms in total. The van der Waals surface area contributed by atoms with E-state index in [9.17, 15) is 0 Å². The molecule has 2 aromatic rings. The van der Waals surface area contributed by atoms with E-state index in [-0.39, 0.29) is 0 Å². The summed E-state index contributed by atoms with van der Waals surface area (Å²) in [6, 6.07) is 8.78. The molecule has 1 aliphatic carbocycles. The molecular weight excluding hydrogens is 252 g/mol. The van der Waals surface area contributed by atoms with Crippen LogP contribution in [0.15, 0.2) is 35.8 Å².